The Balaban J connectivity index is 1.87. The molecule has 2 heterocycles. The van der Waals surface area contributed by atoms with Crippen LogP contribution >= 0.6 is 22.6 Å². The minimum absolute atomic E-state index is 0.150. The molecular formula is C12H10IN5O. The second kappa shape index (κ2) is 5.00. The average molecular weight is 363 g/mol. The fraction of sp³-hybridized carbons (Fsp3) is 0.0833. The van der Waals surface area contributed by atoms with Crippen molar-refractivity contribution in [3.8, 4) is 5.88 Å². The number of anilines is 1. The van der Waals surface area contributed by atoms with Crippen LogP contribution < -0.4 is 10.5 Å². The van der Waals surface area contributed by atoms with E-state index in [4.69, 9.17) is 10.5 Å². The molecule has 3 N–H and O–H groups in total. The van der Waals surface area contributed by atoms with Crippen LogP contribution in [0.5, 0.6) is 5.88 Å². The van der Waals surface area contributed by atoms with Gasteiger partial charge in [0, 0.05) is 3.57 Å². The van der Waals surface area contributed by atoms with Gasteiger partial charge in [-0.05, 0) is 40.3 Å². The van der Waals surface area contributed by atoms with Crippen LogP contribution in [0.25, 0.3) is 11.2 Å². The van der Waals surface area contributed by atoms with Gasteiger partial charge in [-0.25, -0.2) is 4.98 Å². The molecule has 0 amide bonds. The summed E-state index contributed by atoms with van der Waals surface area (Å²) in [6.45, 7) is 0.418. The number of halogens is 1. The van der Waals surface area contributed by atoms with Crippen molar-refractivity contribution >= 4 is 39.7 Å². The highest BCUT2D eigenvalue weighted by Gasteiger charge is 2.09. The van der Waals surface area contributed by atoms with Gasteiger partial charge in [-0.1, -0.05) is 12.1 Å². The van der Waals surface area contributed by atoms with Gasteiger partial charge in [0.2, 0.25) is 11.8 Å². The number of aromatic nitrogens is 4. The van der Waals surface area contributed by atoms with Crippen molar-refractivity contribution in [1.82, 2.24) is 19.9 Å². The van der Waals surface area contributed by atoms with Gasteiger partial charge in [0.15, 0.2) is 5.65 Å². The quantitative estimate of drug-likeness (QED) is 0.696. The summed E-state index contributed by atoms with van der Waals surface area (Å²) in [5, 5.41) is 0. The Morgan fingerprint density at radius 1 is 1.32 bits per heavy atom. The van der Waals surface area contributed by atoms with Gasteiger partial charge < -0.3 is 15.5 Å². The zero-order valence-corrected chi connectivity index (χ0v) is 12.0. The van der Waals surface area contributed by atoms with Crippen LogP contribution in [0.4, 0.5) is 5.95 Å². The van der Waals surface area contributed by atoms with Crippen LogP contribution in [0.1, 0.15) is 5.56 Å². The molecule has 0 unspecified atom stereocenters. The van der Waals surface area contributed by atoms with E-state index in [1.165, 1.54) is 6.33 Å². The normalized spacial score (nSPS) is 10.8. The zero-order chi connectivity index (χ0) is 13.2. The first-order valence-corrected chi connectivity index (χ1v) is 6.64. The second-order valence-electron chi connectivity index (χ2n) is 3.91. The number of nitrogens with one attached hydrogen (secondary N) is 1. The number of H-pyrrole nitrogens is 1. The molecular weight excluding hydrogens is 353 g/mol. The van der Waals surface area contributed by atoms with E-state index in [9.17, 15) is 0 Å². The molecule has 19 heavy (non-hydrogen) atoms. The molecule has 0 radical (unpaired) electrons. The van der Waals surface area contributed by atoms with E-state index in [1.54, 1.807) is 0 Å². The molecule has 0 saturated carbocycles. The summed E-state index contributed by atoms with van der Waals surface area (Å²) in [6.07, 6.45) is 1.54. The number of benzene rings is 1. The lowest BCUT2D eigenvalue weighted by Crippen LogP contribution is -2.02. The summed E-state index contributed by atoms with van der Waals surface area (Å²) in [5.41, 5.74) is 7.84. The number of nitrogen functional groups attached to an aromatic ring is 1. The number of imidazole rings is 1. The largest absolute Gasteiger partial charge is 0.471 e. The van der Waals surface area contributed by atoms with Gasteiger partial charge in [0.05, 0.1) is 6.33 Å². The van der Waals surface area contributed by atoms with Crippen molar-refractivity contribution in [3.63, 3.8) is 0 Å². The van der Waals surface area contributed by atoms with Crippen LogP contribution in [-0.4, -0.2) is 19.9 Å². The minimum atomic E-state index is 0.150. The van der Waals surface area contributed by atoms with Crippen molar-refractivity contribution in [2.45, 2.75) is 6.61 Å². The Labute approximate surface area is 122 Å². The number of hydrogen-bond acceptors (Lipinski definition) is 5. The average Bonchev–Trinajstić information content (AvgIpc) is 2.84. The molecule has 7 heteroatoms. The second-order valence-corrected chi connectivity index (χ2v) is 5.15. The molecule has 3 aromatic rings. The van der Waals surface area contributed by atoms with E-state index in [0.717, 1.165) is 9.13 Å². The van der Waals surface area contributed by atoms with Gasteiger partial charge in [-0.15, -0.1) is 0 Å². The van der Waals surface area contributed by atoms with Gasteiger partial charge in [0.25, 0.3) is 0 Å². The molecule has 0 spiro atoms. The number of fused-ring (bicyclic) bond motifs is 1. The molecule has 1 aromatic carbocycles. The van der Waals surface area contributed by atoms with Crippen LogP contribution in [0, 0.1) is 3.57 Å². The smallest absolute Gasteiger partial charge is 0.245 e. The summed E-state index contributed by atoms with van der Waals surface area (Å²) in [6, 6.07) is 8.06. The molecule has 0 saturated heterocycles. The number of ether oxygens (including phenoxy) is 1. The molecule has 0 atom stereocenters. The van der Waals surface area contributed by atoms with Crippen molar-refractivity contribution < 1.29 is 4.74 Å². The molecule has 0 aliphatic heterocycles. The molecule has 3 rings (SSSR count). The lowest BCUT2D eigenvalue weighted by Gasteiger charge is -2.06. The maximum absolute atomic E-state index is 5.69. The number of nitrogens with two attached hydrogens (primary N) is 1. The Kier molecular flexibility index (Phi) is 3.20. The summed E-state index contributed by atoms with van der Waals surface area (Å²) >= 11 is 2.26. The van der Waals surface area contributed by atoms with Crippen molar-refractivity contribution in [2.24, 2.45) is 0 Å². The SMILES string of the molecule is Nc1nc(OCc2cccc([123I])c2)c2[nH]cnc2n1. The van der Waals surface area contributed by atoms with Crippen LogP contribution in [0.2, 0.25) is 0 Å². The molecule has 0 fully saturated rings. The summed E-state index contributed by atoms with van der Waals surface area (Å²) in [7, 11) is 0. The first-order valence-electron chi connectivity index (χ1n) is 5.56. The predicted molar refractivity (Wildman–Crippen MR) is 79.6 cm³/mol. The Morgan fingerprint density at radius 2 is 2.21 bits per heavy atom. The first-order chi connectivity index (χ1) is 9.22. The molecule has 96 valence electrons. The standard InChI is InChI=1S/C12H10IN5O/c13-8-3-1-2-7(4-8)5-19-11-9-10(16-6-15-9)17-12(14)18-11/h1-4,6H,5H2,(H3,14,15,16,17,18)/i13-4. The highest BCUT2D eigenvalue weighted by Crippen LogP contribution is 2.21. The Bertz CT molecular complexity index is 727. The third kappa shape index (κ3) is 2.60. The van der Waals surface area contributed by atoms with Crippen molar-refractivity contribution in [3.05, 3.63) is 39.7 Å². The van der Waals surface area contributed by atoms with Gasteiger partial charge in [-0.3, -0.25) is 0 Å². The molecule has 2 aromatic heterocycles. The third-order valence-electron chi connectivity index (χ3n) is 2.53. The van der Waals surface area contributed by atoms with Crippen LogP contribution in [-0.2, 0) is 6.61 Å². The predicted octanol–water partition coefficient (Wildman–Crippen LogP) is 2.12. The topological polar surface area (TPSA) is 89.7 Å². The number of aromatic amines is 1. The van der Waals surface area contributed by atoms with E-state index in [1.807, 2.05) is 18.2 Å². The monoisotopic (exact) mass is 363 g/mol. The van der Waals surface area contributed by atoms with Gasteiger partial charge in [-0.2, -0.15) is 9.97 Å². The van der Waals surface area contributed by atoms with Crippen molar-refractivity contribution in [2.75, 3.05) is 5.73 Å². The highest BCUT2D eigenvalue weighted by atomic mass is 123. The molecule has 0 bridgehead atoms. The number of hydrogen-bond donors (Lipinski definition) is 2. The molecule has 0 aliphatic rings. The van der Waals surface area contributed by atoms with E-state index >= 15 is 0 Å². The van der Waals surface area contributed by atoms with Crippen LogP contribution in [0.3, 0.4) is 0 Å². The Morgan fingerprint density at radius 3 is 3.05 bits per heavy atom. The van der Waals surface area contributed by atoms with Crippen molar-refractivity contribution in [1.29, 1.82) is 0 Å². The fourth-order valence-electron chi connectivity index (χ4n) is 1.71. The fourth-order valence-corrected chi connectivity index (χ4v) is 2.31. The lowest BCUT2D eigenvalue weighted by atomic mass is 10.2. The number of nitrogens with zero attached hydrogens (tertiary/aromatic N) is 3. The third-order valence-corrected chi connectivity index (χ3v) is 3.21. The van der Waals surface area contributed by atoms with E-state index in [2.05, 4.69) is 48.6 Å². The number of rotatable bonds is 3. The zero-order valence-electron chi connectivity index (χ0n) is 9.80. The van der Waals surface area contributed by atoms with Crippen LogP contribution in [0.15, 0.2) is 30.6 Å². The minimum Gasteiger partial charge on any atom is -0.471 e. The Hall–Kier alpha value is -1.90. The van der Waals surface area contributed by atoms with Gasteiger partial charge in [0.1, 0.15) is 12.1 Å². The van der Waals surface area contributed by atoms with Gasteiger partial charge >= 0.3 is 0 Å². The van der Waals surface area contributed by atoms with E-state index < -0.39 is 0 Å². The molecule has 0 aliphatic carbocycles. The maximum Gasteiger partial charge on any atom is 0.245 e. The summed E-state index contributed by atoms with van der Waals surface area (Å²) in [5.74, 6) is 0.566. The van der Waals surface area contributed by atoms with E-state index in [-0.39, 0.29) is 5.95 Å². The lowest BCUT2D eigenvalue weighted by molar-refractivity contribution is 0.297. The highest BCUT2D eigenvalue weighted by molar-refractivity contribution is 14.1. The molecule has 6 nitrogen and oxygen atoms in total. The first kappa shape index (κ1) is 12.2. The maximum atomic E-state index is 5.69. The van der Waals surface area contributed by atoms with E-state index in [0.29, 0.717) is 23.7 Å². The summed E-state index contributed by atoms with van der Waals surface area (Å²) in [4.78, 5) is 15.1. The summed E-state index contributed by atoms with van der Waals surface area (Å²) < 4.78 is 6.85.